The van der Waals surface area contributed by atoms with Crippen LogP contribution in [-0.4, -0.2) is 98.3 Å². The van der Waals surface area contributed by atoms with Crippen LogP contribution in [0.1, 0.15) is 85.8 Å². The van der Waals surface area contributed by atoms with Crippen molar-refractivity contribution < 1.29 is 32.3 Å². The third-order valence-electron chi connectivity index (χ3n) is 15.3. The molecular weight excluding hydrogens is 861 g/mol. The number of hydrogen-bond donors (Lipinski definition) is 3. The molecule has 1 aliphatic carbocycles. The van der Waals surface area contributed by atoms with E-state index in [1.54, 1.807) is 12.3 Å². The van der Waals surface area contributed by atoms with E-state index >= 15 is 0 Å². The average Bonchev–Trinajstić information content (AvgIpc) is 3.99. The molecule has 7 heterocycles. The zero-order valence-electron chi connectivity index (χ0n) is 37.3. The third-order valence-corrected chi connectivity index (χ3v) is 16.6. The number of fused-ring (bicyclic) bond motifs is 3. The number of nitrogens with one attached hydrogen (secondary N) is 3. The fourth-order valence-electron chi connectivity index (χ4n) is 11.7. The summed E-state index contributed by atoms with van der Waals surface area (Å²) >= 11 is 0. The summed E-state index contributed by atoms with van der Waals surface area (Å²) in [7, 11) is -4.65. The van der Waals surface area contributed by atoms with Gasteiger partial charge in [-0.25, -0.2) is 13.1 Å². The quantitative estimate of drug-likeness (QED) is 0.0956. The van der Waals surface area contributed by atoms with Crippen molar-refractivity contribution in [2.45, 2.75) is 94.3 Å². The smallest absolute Gasteiger partial charge is 0.297 e. The van der Waals surface area contributed by atoms with Crippen LogP contribution in [0.4, 0.5) is 28.4 Å². The Morgan fingerprint density at radius 2 is 1.79 bits per heavy atom. The molecule has 5 aliphatic heterocycles. The molecular formula is C49H56N8O8S. The van der Waals surface area contributed by atoms with Crippen molar-refractivity contribution in [2.75, 3.05) is 61.1 Å². The third kappa shape index (κ3) is 7.77. The van der Waals surface area contributed by atoms with Crippen LogP contribution in [0.25, 0.3) is 11.0 Å². The molecule has 0 bridgehead atoms. The summed E-state index contributed by atoms with van der Waals surface area (Å²) in [6.45, 7) is 8.79. The molecule has 11 rings (SSSR count). The van der Waals surface area contributed by atoms with E-state index in [0.717, 1.165) is 62.5 Å². The molecule has 1 spiro atoms. The molecule has 3 saturated heterocycles. The maximum atomic E-state index is 14.5. The monoisotopic (exact) mass is 916 g/mol. The number of likely N-dealkylation sites (tertiary alicyclic amines) is 1. The minimum absolute atomic E-state index is 0.0381. The molecule has 4 fully saturated rings. The first-order valence-corrected chi connectivity index (χ1v) is 24.9. The van der Waals surface area contributed by atoms with Gasteiger partial charge in [-0.15, -0.1) is 0 Å². The average molecular weight is 917 g/mol. The molecule has 66 heavy (non-hydrogen) atoms. The minimum Gasteiger partial charge on any atom is -0.489 e. The second kappa shape index (κ2) is 16.8. The zero-order chi connectivity index (χ0) is 45.3. The summed E-state index contributed by atoms with van der Waals surface area (Å²) in [5, 5.41) is 16.5. The highest BCUT2D eigenvalue weighted by atomic mass is 32.2. The number of aromatic amines is 1. The Labute approximate surface area is 384 Å². The number of pyridine rings is 1. The number of aromatic nitrogens is 2. The molecule has 346 valence electrons. The number of ether oxygens (including phenoxy) is 3. The van der Waals surface area contributed by atoms with Crippen LogP contribution in [-0.2, 0) is 14.8 Å². The molecule has 6 aliphatic rings. The highest BCUT2D eigenvalue weighted by molar-refractivity contribution is 7.90. The predicted molar refractivity (Wildman–Crippen MR) is 251 cm³/mol. The summed E-state index contributed by atoms with van der Waals surface area (Å²) in [4.78, 5) is 40.9. The lowest BCUT2D eigenvalue weighted by Crippen LogP contribution is -2.54. The van der Waals surface area contributed by atoms with Crippen molar-refractivity contribution in [3.63, 3.8) is 0 Å². The largest absolute Gasteiger partial charge is 0.489 e. The number of H-pyrrole nitrogens is 1. The summed E-state index contributed by atoms with van der Waals surface area (Å²) in [6, 6.07) is 21.4. The Morgan fingerprint density at radius 3 is 2.58 bits per heavy atom. The van der Waals surface area contributed by atoms with E-state index in [9.17, 15) is 23.3 Å². The number of aryl methyl sites for hydroxylation is 1. The van der Waals surface area contributed by atoms with Gasteiger partial charge < -0.3 is 34.3 Å². The topological polar surface area (TPSA) is 184 Å². The van der Waals surface area contributed by atoms with Crippen LogP contribution in [0.2, 0.25) is 0 Å². The van der Waals surface area contributed by atoms with Gasteiger partial charge in [0.15, 0.2) is 11.4 Å². The van der Waals surface area contributed by atoms with E-state index in [4.69, 9.17) is 19.2 Å². The van der Waals surface area contributed by atoms with Crippen molar-refractivity contribution >= 4 is 55.4 Å². The Bertz CT molecular complexity index is 2810. The van der Waals surface area contributed by atoms with Crippen LogP contribution in [0.3, 0.4) is 0 Å². The van der Waals surface area contributed by atoms with Gasteiger partial charge in [0.2, 0.25) is 5.88 Å². The number of piperidine rings is 1. The zero-order valence-corrected chi connectivity index (χ0v) is 38.1. The van der Waals surface area contributed by atoms with Crippen molar-refractivity contribution in [3.8, 4) is 11.6 Å². The number of amides is 1. The lowest BCUT2D eigenvalue weighted by Gasteiger charge is -2.56. The molecule has 1 amide bonds. The van der Waals surface area contributed by atoms with Crippen LogP contribution >= 0.6 is 0 Å². The second-order valence-corrected chi connectivity index (χ2v) is 21.0. The lowest BCUT2D eigenvalue weighted by atomic mass is 9.59. The number of sulfonamides is 1. The molecule has 1 saturated carbocycles. The van der Waals surface area contributed by atoms with Crippen molar-refractivity contribution in [2.24, 2.45) is 11.3 Å². The standard InChI is InChI=1S/C49H56N8O8S/c1-30-6-3-4-7-37(30)40-8-5-17-55(40)35-26-49(27-35)14-18-54(19-15-49)34-9-10-38(41(23-34)56-28-31(2)65-48-43(56)22-33-11-16-50-46(33)52-48)47(58)53-66(61,62)36-24-42(57(59)60)45-44(25-36)64-29-39(51-45)32-12-20-63-21-13-32/h3-4,6-7,9-11,16,22-25,31-32,35,39-40,51H,5,8,12-15,17-21,26-29H2,1-2H3,(H,50,52)(H,53,58)/t31-,39-,40+/m1/s1. The first-order valence-electron chi connectivity index (χ1n) is 23.4. The van der Waals surface area contributed by atoms with Gasteiger partial charge in [0.1, 0.15) is 24.0 Å². The molecule has 2 aromatic heterocycles. The highest BCUT2D eigenvalue weighted by Crippen LogP contribution is 2.54. The molecule has 16 nitrogen and oxygen atoms in total. The van der Waals surface area contributed by atoms with Gasteiger partial charge in [-0.1, -0.05) is 24.3 Å². The van der Waals surface area contributed by atoms with Crippen LogP contribution in [0.5, 0.6) is 11.6 Å². The maximum absolute atomic E-state index is 14.5. The minimum atomic E-state index is -4.65. The van der Waals surface area contributed by atoms with Crippen molar-refractivity contribution in [1.82, 2.24) is 19.6 Å². The van der Waals surface area contributed by atoms with Gasteiger partial charge in [0.05, 0.1) is 33.7 Å². The van der Waals surface area contributed by atoms with E-state index in [1.807, 2.05) is 36.1 Å². The Balaban J connectivity index is 0.863. The number of carbonyl (C=O) groups excluding carboxylic acids is 1. The fourth-order valence-corrected chi connectivity index (χ4v) is 12.7. The van der Waals surface area contributed by atoms with Gasteiger partial charge in [-0.2, -0.15) is 4.98 Å². The molecule has 3 aromatic carbocycles. The molecule has 3 atom stereocenters. The summed E-state index contributed by atoms with van der Waals surface area (Å²) in [5.74, 6) is -0.266. The maximum Gasteiger partial charge on any atom is 0.297 e. The summed E-state index contributed by atoms with van der Waals surface area (Å²) < 4.78 is 48.3. The normalized spacial score (nSPS) is 23.3. The number of carbonyl (C=O) groups is 1. The molecule has 0 unspecified atom stereocenters. The summed E-state index contributed by atoms with van der Waals surface area (Å²) in [6.07, 6.45) is 10.0. The van der Waals surface area contributed by atoms with E-state index in [0.29, 0.717) is 60.2 Å². The molecule has 3 N–H and O–H groups in total. The van der Waals surface area contributed by atoms with E-state index in [-0.39, 0.29) is 41.7 Å². The number of benzene rings is 3. The van der Waals surface area contributed by atoms with E-state index in [1.165, 1.54) is 42.9 Å². The number of anilines is 4. The number of hydrogen-bond acceptors (Lipinski definition) is 13. The van der Waals surface area contributed by atoms with Crippen LogP contribution < -0.4 is 29.3 Å². The van der Waals surface area contributed by atoms with Gasteiger partial charge >= 0.3 is 0 Å². The van der Waals surface area contributed by atoms with Crippen LogP contribution in [0.15, 0.2) is 77.8 Å². The second-order valence-electron chi connectivity index (χ2n) is 19.3. The number of rotatable bonds is 9. The van der Waals surface area contributed by atoms with Gasteiger partial charge in [-0.3, -0.25) is 19.8 Å². The Hall–Kier alpha value is -5.91. The predicted octanol–water partition coefficient (Wildman–Crippen LogP) is 8.00. The highest BCUT2D eigenvalue weighted by Gasteiger charge is 2.50. The van der Waals surface area contributed by atoms with Gasteiger partial charge in [-0.05, 0) is 125 Å². The number of nitro benzene ring substituents is 1. The van der Waals surface area contributed by atoms with E-state index < -0.39 is 31.4 Å². The molecule has 17 heteroatoms. The van der Waals surface area contributed by atoms with Gasteiger partial charge in [0, 0.05) is 67.8 Å². The Morgan fingerprint density at radius 1 is 0.985 bits per heavy atom. The summed E-state index contributed by atoms with van der Waals surface area (Å²) in [5.41, 5.74) is 5.67. The Kier molecular flexibility index (Phi) is 10.8. The molecule has 5 aromatic rings. The van der Waals surface area contributed by atoms with E-state index in [2.05, 4.69) is 56.0 Å². The van der Waals surface area contributed by atoms with Crippen molar-refractivity contribution in [1.29, 1.82) is 0 Å². The SMILES string of the molecule is Cc1ccccc1[C@@H]1CCCN1C1CC2(CCN(c3ccc(C(=O)NS(=O)(=O)c4cc5c(c([N+](=O)[O-])c4)N[C@@H](C4CCOCC4)CO5)c(N4C[C@@H](C)Oc5nc6[nH]ccc6cc54)c3)CC2)C1. The van der Waals surface area contributed by atoms with Crippen molar-refractivity contribution in [3.05, 3.63) is 99.7 Å². The lowest BCUT2D eigenvalue weighted by molar-refractivity contribution is -0.384. The van der Waals surface area contributed by atoms with Crippen LogP contribution in [0, 0.1) is 28.4 Å². The first kappa shape index (κ1) is 42.7. The fraction of sp³-hybridized carbons (Fsp3) is 0.469. The van der Waals surface area contributed by atoms with Gasteiger partial charge in [0.25, 0.3) is 21.6 Å². The number of nitro groups is 1. The molecule has 0 radical (unpaired) electrons. The first-order chi connectivity index (χ1) is 31.9. The number of nitrogens with zero attached hydrogens (tertiary/aromatic N) is 5.